The Morgan fingerprint density at radius 1 is 1.20 bits per heavy atom. The number of hydrogen-bond acceptors (Lipinski definition) is 5. The molecule has 3 aliphatic rings. The number of pyridine rings is 1. The van der Waals surface area contributed by atoms with E-state index in [0.717, 1.165) is 31.2 Å². The van der Waals surface area contributed by atoms with Crippen molar-refractivity contribution < 1.29 is 9.90 Å². The van der Waals surface area contributed by atoms with Crippen molar-refractivity contribution in [3.05, 3.63) is 35.9 Å². The molecule has 2 aromatic heterocycles. The van der Waals surface area contributed by atoms with Gasteiger partial charge >= 0.3 is 5.97 Å². The highest BCUT2D eigenvalue weighted by atomic mass is 35.5. The molecular formula is C18H19ClN4O2. The van der Waals surface area contributed by atoms with Crippen LogP contribution < -0.4 is 5.32 Å². The van der Waals surface area contributed by atoms with E-state index in [2.05, 4.69) is 20.3 Å². The number of nitrogens with one attached hydrogen (secondary N) is 1. The van der Waals surface area contributed by atoms with Crippen LogP contribution in [0.3, 0.4) is 0 Å². The molecule has 0 radical (unpaired) electrons. The van der Waals surface area contributed by atoms with Crippen molar-refractivity contribution in [1.82, 2.24) is 15.0 Å². The maximum Gasteiger partial charge on any atom is 0.308 e. The summed E-state index contributed by atoms with van der Waals surface area (Å²) in [7, 11) is 0. The van der Waals surface area contributed by atoms with Crippen LogP contribution in [-0.4, -0.2) is 32.1 Å². The third-order valence-corrected chi connectivity index (χ3v) is 5.64. The molecule has 0 aliphatic heterocycles. The number of nitrogens with zero attached hydrogens (tertiary/aromatic N) is 3. The molecule has 3 fully saturated rings. The van der Waals surface area contributed by atoms with Crippen molar-refractivity contribution in [2.75, 3.05) is 5.32 Å². The molecular weight excluding hydrogens is 340 g/mol. The number of aromatic nitrogens is 3. The van der Waals surface area contributed by atoms with Crippen LogP contribution in [0.5, 0.6) is 0 Å². The van der Waals surface area contributed by atoms with Gasteiger partial charge in [0.25, 0.3) is 0 Å². The van der Waals surface area contributed by atoms with E-state index in [4.69, 9.17) is 11.6 Å². The molecule has 2 N–H and O–H groups in total. The van der Waals surface area contributed by atoms with Crippen LogP contribution in [0, 0.1) is 17.8 Å². The third kappa shape index (κ3) is 3.18. The number of carboxylic acids is 1. The van der Waals surface area contributed by atoms with Gasteiger partial charge in [-0.05, 0) is 61.3 Å². The highest BCUT2D eigenvalue weighted by Crippen LogP contribution is 2.46. The van der Waals surface area contributed by atoms with Crippen LogP contribution in [0.15, 0.2) is 30.6 Å². The minimum Gasteiger partial charge on any atom is -0.481 e. The lowest BCUT2D eigenvalue weighted by Crippen LogP contribution is -2.51. The van der Waals surface area contributed by atoms with Gasteiger partial charge in [-0.2, -0.15) is 0 Å². The fourth-order valence-electron chi connectivity index (χ4n) is 4.34. The first kappa shape index (κ1) is 16.3. The van der Waals surface area contributed by atoms with Gasteiger partial charge in [-0.3, -0.25) is 9.78 Å². The lowest BCUT2D eigenvalue weighted by molar-refractivity contribution is -0.148. The average Bonchev–Trinajstić information content (AvgIpc) is 2.62. The summed E-state index contributed by atoms with van der Waals surface area (Å²) in [4.78, 5) is 24.4. The van der Waals surface area contributed by atoms with Crippen LogP contribution in [0.2, 0.25) is 5.28 Å². The number of fused-ring (bicyclic) bond motifs is 3. The Balaban J connectivity index is 1.64. The lowest BCUT2D eigenvalue weighted by Gasteiger charge is -2.47. The zero-order valence-corrected chi connectivity index (χ0v) is 14.4. The zero-order chi connectivity index (χ0) is 17.4. The van der Waals surface area contributed by atoms with Crippen LogP contribution >= 0.6 is 11.6 Å². The summed E-state index contributed by atoms with van der Waals surface area (Å²) in [6, 6.07) is 5.43. The second-order valence-electron chi connectivity index (χ2n) is 6.86. The first-order valence-corrected chi connectivity index (χ1v) is 8.94. The van der Waals surface area contributed by atoms with E-state index >= 15 is 0 Å². The molecule has 7 heteroatoms. The second kappa shape index (κ2) is 6.59. The molecule has 25 heavy (non-hydrogen) atoms. The van der Waals surface area contributed by atoms with Crippen LogP contribution in [0.25, 0.3) is 11.3 Å². The smallest absolute Gasteiger partial charge is 0.308 e. The summed E-state index contributed by atoms with van der Waals surface area (Å²) < 4.78 is 0. The summed E-state index contributed by atoms with van der Waals surface area (Å²) in [5.74, 6) is 0.0852. The molecule has 2 heterocycles. The molecule has 2 unspecified atom stereocenters. The van der Waals surface area contributed by atoms with Crippen LogP contribution in [0.1, 0.15) is 25.7 Å². The predicted octanol–water partition coefficient (Wildman–Crippen LogP) is 3.49. The topological polar surface area (TPSA) is 88.0 Å². The first-order valence-electron chi connectivity index (χ1n) is 8.56. The summed E-state index contributed by atoms with van der Waals surface area (Å²) in [5.41, 5.74) is 1.51. The number of halogens is 1. The Morgan fingerprint density at radius 2 is 1.96 bits per heavy atom. The van der Waals surface area contributed by atoms with Gasteiger partial charge in [0.2, 0.25) is 5.28 Å². The molecule has 2 atom stereocenters. The first-order chi connectivity index (χ1) is 12.1. The number of aliphatic carboxylic acids is 1. The molecule has 3 saturated carbocycles. The quantitative estimate of drug-likeness (QED) is 0.813. The maximum atomic E-state index is 11.8. The molecule has 0 saturated heterocycles. The van der Waals surface area contributed by atoms with E-state index in [9.17, 15) is 9.90 Å². The number of carboxylic acid groups (broad SMARTS) is 1. The van der Waals surface area contributed by atoms with E-state index < -0.39 is 5.97 Å². The van der Waals surface area contributed by atoms with Gasteiger partial charge in [-0.15, -0.1) is 0 Å². The number of rotatable bonds is 4. The zero-order valence-electron chi connectivity index (χ0n) is 13.6. The van der Waals surface area contributed by atoms with Gasteiger partial charge in [-0.1, -0.05) is 0 Å². The van der Waals surface area contributed by atoms with Gasteiger partial charge < -0.3 is 10.4 Å². The Labute approximate surface area is 150 Å². The van der Waals surface area contributed by atoms with E-state index in [1.807, 2.05) is 18.2 Å². The molecule has 0 amide bonds. The minimum atomic E-state index is -0.723. The predicted molar refractivity (Wildman–Crippen MR) is 94.3 cm³/mol. The molecule has 0 spiro atoms. The number of hydrogen-bond donors (Lipinski definition) is 2. The molecule has 0 aromatic carbocycles. The van der Waals surface area contributed by atoms with E-state index in [-0.39, 0.29) is 23.2 Å². The van der Waals surface area contributed by atoms with Crippen molar-refractivity contribution in [2.45, 2.75) is 31.7 Å². The Kier molecular flexibility index (Phi) is 4.29. The minimum absolute atomic E-state index is 0.113. The summed E-state index contributed by atoms with van der Waals surface area (Å²) in [6.07, 6.45) is 7.56. The third-order valence-electron chi connectivity index (χ3n) is 5.47. The van der Waals surface area contributed by atoms with Crippen LogP contribution in [0.4, 0.5) is 5.82 Å². The molecule has 2 bridgehead atoms. The van der Waals surface area contributed by atoms with Crippen LogP contribution in [-0.2, 0) is 4.79 Å². The highest BCUT2D eigenvalue weighted by Gasteiger charge is 2.47. The van der Waals surface area contributed by atoms with E-state index in [1.165, 1.54) is 0 Å². The lowest BCUT2D eigenvalue weighted by atomic mass is 9.61. The fourth-order valence-corrected chi connectivity index (χ4v) is 4.52. The van der Waals surface area contributed by atoms with E-state index in [0.29, 0.717) is 17.4 Å². The van der Waals surface area contributed by atoms with Crippen molar-refractivity contribution in [2.24, 2.45) is 17.8 Å². The average molecular weight is 359 g/mol. The molecule has 6 nitrogen and oxygen atoms in total. The summed E-state index contributed by atoms with van der Waals surface area (Å²) in [5, 5.41) is 13.2. The summed E-state index contributed by atoms with van der Waals surface area (Å²) >= 11 is 6.10. The molecule has 130 valence electrons. The second-order valence-corrected chi connectivity index (χ2v) is 7.20. The van der Waals surface area contributed by atoms with Crippen molar-refractivity contribution in [3.63, 3.8) is 0 Å². The van der Waals surface area contributed by atoms with Gasteiger partial charge in [0.1, 0.15) is 5.82 Å². The Hall–Kier alpha value is -2.21. The monoisotopic (exact) mass is 358 g/mol. The molecule has 3 aliphatic carbocycles. The summed E-state index contributed by atoms with van der Waals surface area (Å²) in [6.45, 7) is 0. The molecule has 5 rings (SSSR count). The Morgan fingerprint density at radius 3 is 2.64 bits per heavy atom. The van der Waals surface area contributed by atoms with Gasteiger partial charge in [0.05, 0.1) is 11.6 Å². The normalized spacial score (nSPS) is 27.9. The fraction of sp³-hybridized carbons (Fsp3) is 0.444. The van der Waals surface area contributed by atoms with Gasteiger partial charge in [-0.25, -0.2) is 9.97 Å². The van der Waals surface area contributed by atoms with Crippen molar-refractivity contribution >= 4 is 23.4 Å². The molecule has 2 aromatic rings. The standard InChI is InChI=1S/C18H19ClN4O2/c19-18-21-13(12-2-1-7-20-9-12)8-14(23-18)22-16-11-5-3-10(4-6-11)15(16)17(24)25/h1-2,7-11,15-16H,3-6H2,(H,24,25)(H,21,22,23). The van der Waals surface area contributed by atoms with Crippen molar-refractivity contribution in [1.29, 1.82) is 0 Å². The SMILES string of the molecule is O=C(O)C1C2CCC(CC2)C1Nc1cc(-c2cccnc2)nc(Cl)n1. The Bertz CT molecular complexity index is 778. The van der Waals surface area contributed by atoms with Gasteiger partial charge in [0, 0.05) is 30.1 Å². The number of carbonyl (C=O) groups is 1. The van der Waals surface area contributed by atoms with E-state index in [1.54, 1.807) is 12.4 Å². The largest absolute Gasteiger partial charge is 0.481 e. The van der Waals surface area contributed by atoms with Gasteiger partial charge in [0.15, 0.2) is 0 Å². The maximum absolute atomic E-state index is 11.8. The number of anilines is 1. The van der Waals surface area contributed by atoms with Crippen molar-refractivity contribution in [3.8, 4) is 11.3 Å². The highest BCUT2D eigenvalue weighted by molar-refractivity contribution is 6.28.